The summed E-state index contributed by atoms with van der Waals surface area (Å²) in [5.41, 5.74) is 0. The molecule has 2 atom stereocenters. The van der Waals surface area contributed by atoms with E-state index in [0.717, 1.165) is 89.9 Å². The van der Waals surface area contributed by atoms with Gasteiger partial charge in [0.2, 0.25) is 0 Å². The standard InChI is InChI=1S/C49H86NO8P/c1-6-8-10-12-14-16-18-20-22-24-25-26-28-30-32-34-36-38-40-42-49(52)58-47(46-57-59(53,54)56-44-43-50(3,4)5)45-55-48(51)41-39-37-35-33-31-29-27-23-21-19-17-15-13-11-9-7-2/h8,10,14,16,20,22-23,25-27,30,32,47H,6-7,9,11-13,15,17-19,21,24,28-29,31,33-46H2,1-5H3/p+1/b10-8-,16-14-,22-20-,26-25-,27-23-,32-30-. The average molecular weight is 849 g/mol. The number of esters is 2. The topological polar surface area (TPSA) is 108 Å². The van der Waals surface area contributed by atoms with Crippen molar-refractivity contribution in [2.75, 3.05) is 47.5 Å². The summed E-state index contributed by atoms with van der Waals surface area (Å²) >= 11 is 0. The zero-order chi connectivity index (χ0) is 43.6. The lowest BCUT2D eigenvalue weighted by atomic mass is 10.1. The van der Waals surface area contributed by atoms with Crippen molar-refractivity contribution in [1.29, 1.82) is 0 Å². The smallest absolute Gasteiger partial charge is 0.462 e. The Labute approximate surface area is 361 Å². The molecule has 0 spiro atoms. The molecule has 0 aliphatic heterocycles. The first kappa shape index (κ1) is 56.5. The molecule has 1 N–H and O–H groups in total. The quantitative estimate of drug-likeness (QED) is 0.0213. The Kier molecular flexibility index (Phi) is 39.1. The van der Waals surface area contributed by atoms with Crippen molar-refractivity contribution in [3.8, 4) is 0 Å². The average Bonchev–Trinajstić information content (AvgIpc) is 3.19. The van der Waals surface area contributed by atoms with Gasteiger partial charge in [-0.05, 0) is 83.5 Å². The summed E-state index contributed by atoms with van der Waals surface area (Å²) in [6, 6.07) is 0. The maximum Gasteiger partial charge on any atom is 0.472 e. The fraction of sp³-hybridized carbons (Fsp3) is 0.714. The van der Waals surface area contributed by atoms with Gasteiger partial charge in [0.1, 0.15) is 19.8 Å². The lowest BCUT2D eigenvalue weighted by Crippen LogP contribution is -2.37. The second-order valence-corrected chi connectivity index (χ2v) is 17.9. The van der Waals surface area contributed by atoms with E-state index in [0.29, 0.717) is 17.4 Å². The highest BCUT2D eigenvalue weighted by atomic mass is 31.2. The molecule has 9 nitrogen and oxygen atoms in total. The Hall–Kier alpha value is -2.55. The molecular weight excluding hydrogens is 762 g/mol. The number of hydrogen-bond acceptors (Lipinski definition) is 7. The molecule has 0 bridgehead atoms. The van der Waals surface area contributed by atoms with Crippen LogP contribution in [0.4, 0.5) is 0 Å². The molecule has 0 amide bonds. The summed E-state index contributed by atoms with van der Waals surface area (Å²) in [7, 11) is 1.44. The van der Waals surface area contributed by atoms with Gasteiger partial charge in [-0.3, -0.25) is 18.6 Å². The van der Waals surface area contributed by atoms with Crippen LogP contribution in [-0.4, -0.2) is 74.9 Å². The lowest BCUT2D eigenvalue weighted by Gasteiger charge is -2.24. The van der Waals surface area contributed by atoms with Crippen molar-refractivity contribution < 1.29 is 42.1 Å². The molecule has 0 saturated heterocycles. The van der Waals surface area contributed by atoms with Crippen LogP contribution >= 0.6 is 7.82 Å². The highest BCUT2D eigenvalue weighted by Gasteiger charge is 2.27. The van der Waals surface area contributed by atoms with Crippen LogP contribution in [-0.2, 0) is 32.7 Å². The maximum absolute atomic E-state index is 12.7. The van der Waals surface area contributed by atoms with Gasteiger partial charge < -0.3 is 18.9 Å². The lowest BCUT2D eigenvalue weighted by molar-refractivity contribution is -0.870. The van der Waals surface area contributed by atoms with Crippen LogP contribution in [0.15, 0.2) is 72.9 Å². The van der Waals surface area contributed by atoms with Gasteiger partial charge in [0, 0.05) is 12.8 Å². The minimum atomic E-state index is -4.39. The predicted octanol–water partition coefficient (Wildman–Crippen LogP) is 13.4. The molecule has 2 unspecified atom stereocenters. The first-order valence-corrected chi connectivity index (χ1v) is 24.7. The van der Waals surface area contributed by atoms with E-state index in [4.69, 9.17) is 18.5 Å². The molecule has 0 aliphatic rings. The van der Waals surface area contributed by atoms with Gasteiger partial charge >= 0.3 is 19.8 Å². The van der Waals surface area contributed by atoms with E-state index in [1.807, 2.05) is 21.1 Å². The summed E-state index contributed by atoms with van der Waals surface area (Å²) in [6.07, 6.45) is 50.9. The number of allylic oxidation sites excluding steroid dienone is 12. The fourth-order valence-corrected chi connectivity index (χ4v) is 6.60. The minimum absolute atomic E-state index is 0.0202. The SMILES string of the molecule is CC/C=C\C/C=C\C/C=C\C/C=C\C/C=C\CCCCCC(=O)OC(COC(=O)CCCCCCC/C=C\CCCCCCCCC)COP(=O)(O)OCC[N+](C)(C)C. The van der Waals surface area contributed by atoms with E-state index in [1.54, 1.807) is 0 Å². The highest BCUT2D eigenvalue weighted by molar-refractivity contribution is 7.47. The van der Waals surface area contributed by atoms with Gasteiger partial charge in [-0.1, -0.05) is 151 Å². The van der Waals surface area contributed by atoms with Crippen LogP contribution in [0.2, 0.25) is 0 Å². The third-order valence-corrected chi connectivity index (χ3v) is 10.5. The zero-order valence-electron chi connectivity index (χ0n) is 38.2. The number of unbranched alkanes of at least 4 members (excludes halogenated alkanes) is 15. The third-order valence-electron chi connectivity index (χ3n) is 9.47. The summed E-state index contributed by atoms with van der Waals surface area (Å²) in [5, 5.41) is 0. The van der Waals surface area contributed by atoms with Crippen LogP contribution in [0.3, 0.4) is 0 Å². The van der Waals surface area contributed by atoms with Crippen molar-refractivity contribution >= 4 is 19.8 Å². The van der Waals surface area contributed by atoms with Crippen LogP contribution in [0.1, 0.15) is 174 Å². The molecular formula is C49H87NO8P+. The van der Waals surface area contributed by atoms with E-state index >= 15 is 0 Å². The molecule has 0 rings (SSSR count). The van der Waals surface area contributed by atoms with E-state index in [1.165, 1.54) is 51.4 Å². The van der Waals surface area contributed by atoms with Gasteiger partial charge in [0.05, 0.1) is 27.7 Å². The normalized spacial score (nSPS) is 14.2. The number of phosphoric acid groups is 1. The minimum Gasteiger partial charge on any atom is -0.462 e. The Balaban J connectivity index is 4.43. The number of phosphoric ester groups is 1. The Morgan fingerprint density at radius 1 is 0.542 bits per heavy atom. The van der Waals surface area contributed by atoms with Crippen molar-refractivity contribution in [2.45, 2.75) is 180 Å². The largest absolute Gasteiger partial charge is 0.472 e. The third kappa shape index (κ3) is 44.8. The number of rotatable bonds is 41. The summed E-state index contributed by atoms with van der Waals surface area (Å²) in [6.45, 7) is 4.25. The molecule has 0 saturated carbocycles. The van der Waals surface area contributed by atoms with Crippen molar-refractivity contribution in [1.82, 2.24) is 0 Å². The zero-order valence-corrected chi connectivity index (χ0v) is 39.1. The Morgan fingerprint density at radius 2 is 0.966 bits per heavy atom. The second-order valence-electron chi connectivity index (χ2n) is 16.4. The Morgan fingerprint density at radius 3 is 1.47 bits per heavy atom. The number of carbonyl (C=O) groups excluding carboxylic acids is 2. The first-order valence-electron chi connectivity index (χ1n) is 23.2. The molecule has 59 heavy (non-hydrogen) atoms. The van der Waals surface area contributed by atoms with E-state index in [2.05, 4.69) is 86.8 Å². The molecule has 0 aromatic heterocycles. The summed E-state index contributed by atoms with van der Waals surface area (Å²) in [4.78, 5) is 35.4. The number of quaternary nitrogens is 1. The van der Waals surface area contributed by atoms with Gasteiger partial charge in [0.15, 0.2) is 6.10 Å². The van der Waals surface area contributed by atoms with Crippen LogP contribution in [0.25, 0.3) is 0 Å². The first-order chi connectivity index (χ1) is 28.5. The summed E-state index contributed by atoms with van der Waals surface area (Å²) < 4.78 is 34.3. The Bertz CT molecular complexity index is 1230. The number of carbonyl (C=O) groups is 2. The molecule has 0 fully saturated rings. The van der Waals surface area contributed by atoms with Gasteiger partial charge in [0.25, 0.3) is 0 Å². The highest BCUT2D eigenvalue weighted by Crippen LogP contribution is 2.43. The molecule has 10 heteroatoms. The number of ether oxygens (including phenoxy) is 2. The van der Waals surface area contributed by atoms with Gasteiger partial charge in [-0.2, -0.15) is 0 Å². The van der Waals surface area contributed by atoms with Crippen molar-refractivity contribution in [2.24, 2.45) is 0 Å². The van der Waals surface area contributed by atoms with E-state index in [9.17, 15) is 19.0 Å². The number of nitrogens with zero attached hydrogens (tertiary/aromatic N) is 1. The molecule has 0 heterocycles. The van der Waals surface area contributed by atoms with Crippen LogP contribution < -0.4 is 0 Å². The molecule has 0 aliphatic carbocycles. The van der Waals surface area contributed by atoms with Crippen molar-refractivity contribution in [3.63, 3.8) is 0 Å². The maximum atomic E-state index is 12.7. The van der Waals surface area contributed by atoms with Crippen LogP contribution in [0, 0.1) is 0 Å². The summed E-state index contributed by atoms with van der Waals surface area (Å²) in [5.74, 6) is -0.850. The number of hydrogen-bond donors (Lipinski definition) is 1. The molecule has 0 aromatic carbocycles. The molecule has 0 radical (unpaired) electrons. The monoisotopic (exact) mass is 849 g/mol. The van der Waals surface area contributed by atoms with Gasteiger partial charge in [-0.15, -0.1) is 0 Å². The molecule has 340 valence electrons. The van der Waals surface area contributed by atoms with Crippen LogP contribution in [0.5, 0.6) is 0 Å². The van der Waals surface area contributed by atoms with E-state index in [-0.39, 0.29) is 32.0 Å². The second kappa shape index (κ2) is 40.8. The van der Waals surface area contributed by atoms with E-state index < -0.39 is 26.5 Å². The fourth-order valence-electron chi connectivity index (χ4n) is 5.86. The molecule has 0 aromatic rings. The van der Waals surface area contributed by atoms with Crippen molar-refractivity contribution in [3.05, 3.63) is 72.9 Å². The van der Waals surface area contributed by atoms with Gasteiger partial charge in [-0.25, -0.2) is 4.57 Å². The number of likely N-dealkylation sites (N-methyl/N-ethyl adjacent to an activating group) is 1. The predicted molar refractivity (Wildman–Crippen MR) is 247 cm³/mol.